The first-order valence-electron chi connectivity index (χ1n) is 17.6. The SMILES string of the molecule is [2H]C1([2H])Oc2cccc(-c3ccc(-c4nc(-c5ccc(-c6ccccc6)cc5)nc(-c5ccc(-c6ccccc6)cc5)n4)cc3)c2-c2ccccc21. The van der Waals surface area contributed by atoms with Crippen LogP contribution in [-0.2, 0) is 6.56 Å². The zero-order valence-electron chi connectivity index (χ0n) is 29.0. The molecule has 0 bridgehead atoms. The standard InChI is InChI=1S/C46H31N3O/c1-3-10-31(11-4-1)33-18-24-36(25-19-33)44-47-45(37-26-20-34(21-27-37)32-12-5-2-6-13-32)49-46(48-44)38-28-22-35(23-29-38)40-16-9-17-42-43(40)41-15-8-7-14-39(41)30-50-42/h1-29H,30H2/i30D2. The Morgan fingerprint density at radius 1 is 0.360 bits per heavy atom. The Labute approximate surface area is 294 Å². The molecule has 0 atom stereocenters. The van der Waals surface area contributed by atoms with Crippen LogP contribution in [0.25, 0.3) is 78.7 Å². The van der Waals surface area contributed by atoms with Crippen molar-refractivity contribution in [1.82, 2.24) is 15.0 Å². The quantitative estimate of drug-likeness (QED) is 0.181. The second kappa shape index (κ2) is 12.8. The second-order valence-electron chi connectivity index (χ2n) is 12.2. The summed E-state index contributed by atoms with van der Waals surface area (Å²) in [5.74, 6) is 2.28. The van der Waals surface area contributed by atoms with Crippen molar-refractivity contribution in [2.75, 3.05) is 0 Å². The van der Waals surface area contributed by atoms with E-state index in [1.807, 2.05) is 84.9 Å². The maximum atomic E-state index is 8.52. The van der Waals surface area contributed by atoms with Crippen LogP contribution < -0.4 is 4.74 Å². The van der Waals surface area contributed by atoms with Crippen molar-refractivity contribution < 1.29 is 7.48 Å². The normalized spacial score (nSPS) is 13.3. The summed E-state index contributed by atoms with van der Waals surface area (Å²) in [6, 6.07) is 58.8. The van der Waals surface area contributed by atoms with E-state index in [4.69, 9.17) is 22.4 Å². The van der Waals surface area contributed by atoms with Gasteiger partial charge in [-0.3, -0.25) is 0 Å². The number of benzene rings is 7. The van der Waals surface area contributed by atoms with Gasteiger partial charge in [0.15, 0.2) is 17.5 Å². The Balaban J connectivity index is 1.11. The van der Waals surface area contributed by atoms with E-state index < -0.39 is 6.56 Å². The van der Waals surface area contributed by atoms with Gasteiger partial charge in [-0.25, -0.2) is 15.0 Å². The predicted molar refractivity (Wildman–Crippen MR) is 202 cm³/mol. The molecule has 0 N–H and O–H groups in total. The fraction of sp³-hybridized carbons (Fsp3) is 0.0217. The Morgan fingerprint density at radius 2 is 0.760 bits per heavy atom. The molecule has 0 saturated heterocycles. The number of nitrogens with zero attached hydrogens (tertiary/aromatic N) is 3. The highest BCUT2D eigenvalue weighted by molar-refractivity contribution is 5.90. The Hall–Kier alpha value is -6.65. The maximum absolute atomic E-state index is 8.52. The molecule has 1 aliphatic heterocycles. The van der Waals surface area contributed by atoms with Gasteiger partial charge in [0.2, 0.25) is 0 Å². The van der Waals surface area contributed by atoms with E-state index >= 15 is 0 Å². The van der Waals surface area contributed by atoms with Crippen molar-refractivity contribution in [3.63, 3.8) is 0 Å². The van der Waals surface area contributed by atoms with Crippen molar-refractivity contribution in [3.8, 4) is 84.4 Å². The van der Waals surface area contributed by atoms with Gasteiger partial charge in [0.05, 0.1) is 2.74 Å². The molecule has 50 heavy (non-hydrogen) atoms. The van der Waals surface area contributed by atoms with Crippen LogP contribution in [0.1, 0.15) is 8.30 Å². The smallest absolute Gasteiger partial charge is 0.164 e. The molecule has 9 rings (SSSR count). The minimum atomic E-state index is -1.91. The molecule has 0 unspecified atom stereocenters. The Morgan fingerprint density at radius 3 is 1.28 bits per heavy atom. The molecule has 8 aromatic rings. The number of fused-ring (bicyclic) bond motifs is 3. The fourth-order valence-electron chi connectivity index (χ4n) is 6.48. The molecule has 0 saturated carbocycles. The highest BCUT2D eigenvalue weighted by Gasteiger charge is 2.21. The fourth-order valence-corrected chi connectivity index (χ4v) is 6.48. The van der Waals surface area contributed by atoms with E-state index in [1.54, 1.807) is 6.07 Å². The van der Waals surface area contributed by atoms with Gasteiger partial charge >= 0.3 is 0 Å². The second-order valence-corrected chi connectivity index (χ2v) is 12.2. The van der Waals surface area contributed by atoms with Crippen molar-refractivity contribution in [3.05, 3.63) is 181 Å². The van der Waals surface area contributed by atoms with Gasteiger partial charge in [0, 0.05) is 22.3 Å². The molecular weight excluding hydrogens is 611 g/mol. The lowest BCUT2D eigenvalue weighted by molar-refractivity contribution is 0.302. The van der Waals surface area contributed by atoms with Gasteiger partial charge in [-0.2, -0.15) is 0 Å². The van der Waals surface area contributed by atoms with Crippen LogP contribution >= 0.6 is 0 Å². The summed E-state index contributed by atoms with van der Waals surface area (Å²) in [6.45, 7) is -1.91. The van der Waals surface area contributed by atoms with Gasteiger partial charge in [-0.05, 0) is 50.6 Å². The predicted octanol–water partition coefficient (Wildman–Crippen LogP) is 11.4. The minimum Gasteiger partial charge on any atom is -0.488 e. The van der Waals surface area contributed by atoms with Gasteiger partial charge in [-0.15, -0.1) is 0 Å². The summed E-state index contributed by atoms with van der Waals surface area (Å²) in [6.07, 6.45) is 0. The topological polar surface area (TPSA) is 47.9 Å². The Kier molecular flexibility index (Phi) is 6.97. The van der Waals surface area contributed by atoms with Crippen molar-refractivity contribution >= 4 is 0 Å². The maximum Gasteiger partial charge on any atom is 0.164 e. The molecule has 236 valence electrons. The van der Waals surface area contributed by atoms with Crippen molar-refractivity contribution in [2.45, 2.75) is 6.56 Å². The summed E-state index contributed by atoms with van der Waals surface area (Å²) >= 11 is 0. The van der Waals surface area contributed by atoms with Crippen LogP contribution in [0.15, 0.2) is 176 Å². The van der Waals surface area contributed by atoms with E-state index in [9.17, 15) is 0 Å². The molecule has 7 aromatic carbocycles. The molecule has 1 aromatic heterocycles. The molecule has 4 heteroatoms. The molecule has 0 spiro atoms. The molecule has 0 fully saturated rings. The third-order valence-corrected chi connectivity index (χ3v) is 9.08. The van der Waals surface area contributed by atoms with E-state index in [0.29, 0.717) is 28.8 Å². The summed E-state index contributed by atoms with van der Waals surface area (Å²) in [5, 5.41) is 0. The number of hydrogen-bond acceptors (Lipinski definition) is 4. The highest BCUT2D eigenvalue weighted by atomic mass is 16.5. The van der Waals surface area contributed by atoms with Gasteiger partial charge < -0.3 is 4.74 Å². The summed E-state index contributed by atoms with van der Waals surface area (Å²) in [7, 11) is 0. The zero-order valence-corrected chi connectivity index (χ0v) is 27.0. The van der Waals surface area contributed by atoms with Crippen LogP contribution in [0.3, 0.4) is 0 Å². The van der Waals surface area contributed by atoms with Gasteiger partial charge in [0.1, 0.15) is 12.3 Å². The Bertz CT molecular complexity index is 2440. The van der Waals surface area contributed by atoms with Crippen molar-refractivity contribution in [2.24, 2.45) is 0 Å². The molecule has 0 radical (unpaired) electrons. The lowest BCUT2D eigenvalue weighted by atomic mass is 9.89. The zero-order chi connectivity index (χ0) is 35.1. The molecule has 0 aliphatic carbocycles. The molecule has 4 nitrogen and oxygen atoms in total. The average Bonchev–Trinajstić information content (AvgIpc) is 3.21. The molecular formula is C46H31N3O. The first-order valence-corrected chi connectivity index (χ1v) is 16.6. The summed E-state index contributed by atoms with van der Waals surface area (Å²) in [5.41, 5.74) is 11.4. The molecule has 2 heterocycles. The van der Waals surface area contributed by atoms with Crippen molar-refractivity contribution in [1.29, 1.82) is 0 Å². The average molecular weight is 644 g/mol. The first kappa shape index (κ1) is 27.3. The number of ether oxygens (including phenoxy) is 1. The summed E-state index contributed by atoms with van der Waals surface area (Å²) in [4.78, 5) is 15.0. The van der Waals surface area contributed by atoms with E-state index in [-0.39, 0.29) is 0 Å². The number of rotatable bonds is 6. The lowest BCUT2D eigenvalue weighted by Gasteiger charge is -2.23. The van der Waals surface area contributed by atoms with E-state index in [2.05, 4.69) is 84.9 Å². The van der Waals surface area contributed by atoms with E-state index in [1.165, 1.54) is 0 Å². The summed E-state index contributed by atoms with van der Waals surface area (Å²) < 4.78 is 22.9. The molecule has 1 aliphatic rings. The minimum absolute atomic E-state index is 0.519. The number of hydrogen-bond donors (Lipinski definition) is 0. The van der Waals surface area contributed by atoms with Crippen LogP contribution in [0.2, 0.25) is 0 Å². The highest BCUT2D eigenvalue weighted by Crippen LogP contribution is 2.44. The third kappa shape index (κ3) is 5.63. The molecule has 0 amide bonds. The third-order valence-electron chi connectivity index (χ3n) is 9.08. The van der Waals surface area contributed by atoms with Crippen LogP contribution in [-0.4, -0.2) is 15.0 Å². The van der Waals surface area contributed by atoms with Gasteiger partial charge in [0.25, 0.3) is 0 Å². The lowest BCUT2D eigenvalue weighted by Crippen LogP contribution is -2.06. The van der Waals surface area contributed by atoms with E-state index in [0.717, 1.165) is 61.2 Å². The largest absolute Gasteiger partial charge is 0.488 e. The number of aromatic nitrogens is 3. The van der Waals surface area contributed by atoms with Gasteiger partial charge in [-0.1, -0.05) is 170 Å². The first-order chi connectivity index (χ1) is 25.5. The van der Waals surface area contributed by atoms with Crippen LogP contribution in [0.4, 0.5) is 0 Å². The van der Waals surface area contributed by atoms with Crippen LogP contribution in [0, 0.1) is 0 Å². The monoisotopic (exact) mass is 643 g/mol. The van der Waals surface area contributed by atoms with Crippen LogP contribution in [0.5, 0.6) is 5.75 Å².